The molecule has 0 aliphatic carbocycles. The van der Waals surface area contributed by atoms with Gasteiger partial charge in [-0.15, -0.1) is 0 Å². The van der Waals surface area contributed by atoms with Crippen LogP contribution in [-0.2, 0) is 10.7 Å². The summed E-state index contributed by atoms with van der Waals surface area (Å²) in [5, 5.41) is 0. The monoisotopic (exact) mass is 316 g/mol. The molecule has 1 saturated heterocycles. The maximum absolute atomic E-state index is 14.4. The topological polar surface area (TPSA) is 46.3 Å². The summed E-state index contributed by atoms with van der Waals surface area (Å²) in [6.45, 7) is 0.354. The Hall–Kier alpha value is -2.27. The lowest BCUT2D eigenvalue weighted by Gasteiger charge is -2.23. The van der Waals surface area contributed by atoms with Gasteiger partial charge in [0.05, 0.1) is 0 Å². The van der Waals surface area contributed by atoms with Crippen molar-refractivity contribution < 1.29 is 13.6 Å². The number of carbonyl (C=O) groups excluding carboxylic acids is 1. The van der Waals surface area contributed by atoms with Gasteiger partial charge in [0.15, 0.2) is 0 Å². The molecule has 1 heterocycles. The summed E-state index contributed by atoms with van der Waals surface area (Å²) < 4.78 is 28.9. The molecular formula is C18H18F2N2O. The lowest BCUT2D eigenvalue weighted by molar-refractivity contribution is -0.157. The fourth-order valence-electron chi connectivity index (χ4n) is 3.02. The van der Waals surface area contributed by atoms with E-state index in [1.807, 2.05) is 30.3 Å². The molecule has 1 aliphatic heterocycles. The van der Waals surface area contributed by atoms with E-state index in [4.69, 9.17) is 5.73 Å². The van der Waals surface area contributed by atoms with E-state index < -0.39 is 11.8 Å². The third-order valence-corrected chi connectivity index (χ3v) is 4.28. The molecule has 2 aromatic rings. The Bertz CT molecular complexity index is 676. The van der Waals surface area contributed by atoms with Gasteiger partial charge >= 0.3 is 5.92 Å². The van der Waals surface area contributed by atoms with Crippen molar-refractivity contribution in [3.05, 3.63) is 71.8 Å². The van der Waals surface area contributed by atoms with E-state index in [9.17, 15) is 13.6 Å². The van der Waals surface area contributed by atoms with Crippen molar-refractivity contribution in [1.82, 2.24) is 4.90 Å². The molecule has 0 radical (unpaired) electrons. The number of halogens is 2. The predicted molar refractivity (Wildman–Crippen MR) is 84.1 cm³/mol. The highest BCUT2D eigenvalue weighted by molar-refractivity contribution is 5.85. The Morgan fingerprint density at radius 2 is 1.57 bits per heavy atom. The van der Waals surface area contributed by atoms with Crippen LogP contribution in [0.1, 0.15) is 17.0 Å². The molecule has 2 N–H and O–H groups in total. The van der Waals surface area contributed by atoms with Gasteiger partial charge in [0, 0.05) is 30.6 Å². The molecule has 0 aromatic heterocycles. The third kappa shape index (κ3) is 2.97. The standard InChI is InChI=1S/C18H18F2N2O/c19-18(20,14-9-5-2-6-10-14)17(23)22-11-15(16(21)12-22)13-7-3-1-4-8-13/h1-10,15-16H,11-12,21H2/t15-,16+/m0/s1. The summed E-state index contributed by atoms with van der Waals surface area (Å²) in [6, 6.07) is 16.3. The van der Waals surface area contributed by atoms with E-state index in [0.29, 0.717) is 0 Å². The maximum atomic E-state index is 14.4. The number of hydrogen-bond donors (Lipinski definition) is 1. The first-order chi connectivity index (χ1) is 11.0. The molecule has 2 atom stereocenters. The average molecular weight is 316 g/mol. The summed E-state index contributed by atoms with van der Waals surface area (Å²) in [7, 11) is 0. The van der Waals surface area contributed by atoms with Crippen molar-refractivity contribution in [3.63, 3.8) is 0 Å². The Balaban J connectivity index is 1.79. The lowest BCUT2D eigenvalue weighted by Crippen LogP contribution is -2.41. The molecule has 0 spiro atoms. The number of likely N-dealkylation sites (tertiary alicyclic amines) is 1. The van der Waals surface area contributed by atoms with Crippen LogP contribution in [0.25, 0.3) is 0 Å². The van der Waals surface area contributed by atoms with Crippen LogP contribution in [0.2, 0.25) is 0 Å². The Labute approximate surface area is 133 Å². The summed E-state index contributed by atoms with van der Waals surface area (Å²) >= 11 is 0. The van der Waals surface area contributed by atoms with Crippen LogP contribution in [0.4, 0.5) is 8.78 Å². The zero-order valence-corrected chi connectivity index (χ0v) is 12.5. The number of nitrogens with zero attached hydrogens (tertiary/aromatic N) is 1. The van der Waals surface area contributed by atoms with Gasteiger partial charge in [-0.1, -0.05) is 60.7 Å². The first kappa shape index (κ1) is 15.6. The molecule has 0 unspecified atom stereocenters. The van der Waals surface area contributed by atoms with E-state index in [1.165, 1.54) is 29.2 Å². The second-order valence-corrected chi connectivity index (χ2v) is 5.83. The average Bonchev–Trinajstić information content (AvgIpc) is 2.97. The van der Waals surface area contributed by atoms with Gasteiger partial charge in [0.2, 0.25) is 0 Å². The van der Waals surface area contributed by atoms with Crippen molar-refractivity contribution in [2.45, 2.75) is 17.9 Å². The molecule has 1 aliphatic rings. The van der Waals surface area contributed by atoms with Gasteiger partial charge < -0.3 is 10.6 Å². The van der Waals surface area contributed by atoms with Crippen molar-refractivity contribution in [1.29, 1.82) is 0 Å². The highest BCUT2D eigenvalue weighted by Gasteiger charge is 2.47. The number of nitrogens with two attached hydrogens (primary N) is 1. The van der Waals surface area contributed by atoms with E-state index >= 15 is 0 Å². The zero-order chi connectivity index (χ0) is 16.4. The molecule has 5 heteroatoms. The van der Waals surface area contributed by atoms with Crippen molar-refractivity contribution in [3.8, 4) is 0 Å². The smallest absolute Gasteiger partial charge is 0.335 e. The van der Waals surface area contributed by atoms with Gasteiger partial charge in [0.1, 0.15) is 0 Å². The normalized spacial score (nSPS) is 21.4. The number of alkyl halides is 2. The Morgan fingerprint density at radius 3 is 2.17 bits per heavy atom. The van der Waals surface area contributed by atoms with E-state index in [2.05, 4.69) is 0 Å². The minimum atomic E-state index is -3.54. The van der Waals surface area contributed by atoms with Crippen molar-refractivity contribution >= 4 is 5.91 Å². The van der Waals surface area contributed by atoms with Gasteiger partial charge in [-0.3, -0.25) is 4.79 Å². The molecule has 0 saturated carbocycles. The molecule has 23 heavy (non-hydrogen) atoms. The first-order valence-electron chi connectivity index (χ1n) is 7.53. The van der Waals surface area contributed by atoms with Gasteiger partial charge in [0.25, 0.3) is 5.91 Å². The molecule has 2 aromatic carbocycles. The van der Waals surface area contributed by atoms with Crippen LogP contribution in [-0.4, -0.2) is 29.9 Å². The quantitative estimate of drug-likeness (QED) is 0.946. The highest BCUT2D eigenvalue weighted by Crippen LogP contribution is 2.34. The number of hydrogen-bond acceptors (Lipinski definition) is 2. The molecule has 3 rings (SSSR count). The SMILES string of the molecule is N[C@@H]1CN(C(=O)C(F)(F)c2ccccc2)C[C@H]1c1ccccc1. The van der Waals surface area contributed by atoms with E-state index in [0.717, 1.165) is 5.56 Å². The fraction of sp³-hybridized carbons (Fsp3) is 0.278. The number of carbonyl (C=O) groups is 1. The molecule has 0 bridgehead atoms. The maximum Gasteiger partial charge on any atom is 0.349 e. The molecular weight excluding hydrogens is 298 g/mol. The number of benzene rings is 2. The van der Waals surface area contributed by atoms with Gasteiger partial charge in [-0.25, -0.2) is 0 Å². The molecule has 3 nitrogen and oxygen atoms in total. The van der Waals surface area contributed by atoms with Gasteiger partial charge in [-0.05, 0) is 5.56 Å². The lowest BCUT2D eigenvalue weighted by atomic mass is 9.95. The first-order valence-corrected chi connectivity index (χ1v) is 7.53. The van der Waals surface area contributed by atoms with Gasteiger partial charge in [-0.2, -0.15) is 8.78 Å². The largest absolute Gasteiger partial charge is 0.349 e. The van der Waals surface area contributed by atoms with E-state index in [-0.39, 0.29) is 30.6 Å². The second kappa shape index (κ2) is 6.08. The van der Waals surface area contributed by atoms with Crippen molar-refractivity contribution in [2.24, 2.45) is 5.73 Å². The minimum Gasteiger partial charge on any atom is -0.335 e. The fourth-order valence-corrected chi connectivity index (χ4v) is 3.02. The van der Waals surface area contributed by atoms with Crippen LogP contribution in [0, 0.1) is 0 Å². The summed E-state index contributed by atoms with van der Waals surface area (Å²) in [6.07, 6.45) is 0. The summed E-state index contributed by atoms with van der Waals surface area (Å²) in [5.41, 5.74) is 6.76. The van der Waals surface area contributed by atoms with Crippen molar-refractivity contribution in [2.75, 3.05) is 13.1 Å². The van der Waals surface area contributed by atoms with Crippen LogP contribution >= 0.6 is 0 Å². The van der Waals surface area contributed by atoms with Crippen LogP contribution < -0.4 is 5.73 Å². The van der Waals surface area contributed by atoms with Crippen LogP contribution in [0.15, 0.2) is 60.7 Å². The molecule has 1 fully saturated rings. The Morgan fingerprint density at radius 1 is 1.00 bits per heavy atom. The minimum absolute atomic E-state index is 0.119. The summed E-state index contributed by atoms with van der Waals surface area (Å²) in [4.78, 5) is 13.5. The molecule has 1 amide bonds. The Kier molecular flexibility index (Phi) is 4.13. The summed E-state index contributed by atoms with van der Waals surface area (Å²) in [5.74, 6) is -4.84. The highest BCUT2D eigenvalue weighted by atomic mass is 19.3. The van der Waals surface area contributed by atoms with Crippen LogP contribution in [0.3, 0.4) is 0 Å². The predicted octanol–water partition coefficient (Wildman–Crippen LogP) is 2.73. The number of rotatable bonds is 3. The molecule has 120 valence electrons. The van der Waals surface area contributed by atoms with E-state index in [1.54, 1.807) is 6.07 Å². The second-order valence-electron chi connectivity index (χ2n) is 5.83. The third-order valence-electron chi connectivity index (χ3n) is 4.28. The number of amides is 1. The van der Waals surface area contributed by atoms with Crippen LogP contribution in [0.5, 0.6) is 0 Å². The zero-order valence-electron chi connectivity index (χ0n) is 12.5.